The highest BCUT2D eigenvalue weighted by molar-refractivity contribution is 5.88. The Morgan fingerprint density at radius 3 is 3.00 bits per heavy atom. The van der Waals surface area contributed by atoms with Gasteiger partial charge in [0.1, 0.15) is 11.8 Å². The lowest BCUT2D eigenvalue weighted by Gasteiger charge is -1.93. The van der Waals surface area contributed by atoms with Crippen molar-refractivity contribution in [2.45, 2.75) is 6.92 Å². The number of aldehydes is 1. The molecule has 1 heterocycles. The van der Waals surface area contributed by atoms with Crippen LogP contribution < -0.4 is 0 Å². The molecule has 0 unspecified atom stereocenters. The van der Waals surface area contributed by atoms with Crippen LogP contribution in [0.25, 0.3) is 10.9 Å². The number of hydrogen-bond donors (Lipinski definition) is 1. The van der Waals surface area contributed by atoms with Crippen LogP contribution in [-0.2, 0) is 0 Å². The molecule has 0 fully saturated rings. The maximum atomic E-state index is 13.2. The van der Waals surface area contributed by atoms with E-state index in [1.54, 1.807) is 13.0 Å². The summed E-state index contributed by atoms with van der Waals surface area (Å²) in [6.45, 7) is 1.78. The molecule has 0 aliphatic heterocycles. The van der Waals surface area contributed by atoms with Crippen molar-refractivity contribution >= 4 is 17.2 Å². The summed E-state index contributed by atoms with van der Waals surface area (Å²) < 4.78 is 13.2. The van der Waals surface area contributed by atoms with E-state index in [4.69, 9.17) is 0 Å². The van der Waals surface area contributed by atoms with Gasteiger partial charge in [-0.15, -0.1) is 0 Å². The average Bonchev–Trinajstić information content (AvgIpc) is 2.48. The fourth-order valence-electron chi connectivity index (χ4n) is 1.29. The zero-order chi connectivity index (χ0) is 9.42. The average molecular weight is 178 g/mol. The molecule has 2 rings (SSSR count). The lowest BCUT2D eigenvalue weighted by Crippen LogP contribution is -1.84. The zero-order valence-corrected chi connectivity index (χ0v) is 6.97. The van der Waals surface area contributed by atoms with Crippen molar-refractivity contribution < 1.29 is 9.18 Å². The normalized spacial score (nSPS) is 10.6. The molecular formula is C9H7FN2O. The zero-order valence-electron chi connectivity index (χ0n) is 6.97. The third kappa shape index (κ3) is 1.11. The number of aromatic amines is 1. The highest BCUT2D eigenvalue weighted by Gasteiger charge is 2.08. The summed E-state index contributed by atoms with van der Waals surface area (Å²) in [6.07, 6.45) is 0.620. The van der Waals surface area contributed by atoms with E-state index in [1.165, 1.54) is 6.07 Å². The fraction of sp³-hybridized carbons (Fsp3) is 0.111. The Bertz CT molecular complexity index is 476. The van der Waals surface area contributed by atoms with Crippen molar-refractivity contribution in [2.75, 3.05) is 0 Å². The number of benzene rings is 1. The van der Waals surface area contributed by atoms with Crippen LogP contribution in [0.3, 0.4) is 0 Å². The number of nitrogens with one attached hydrogen (secondary N) is 1. The van der Waals surface area contributed by atoms with Gasteiger partial charge in [-0.25, -0.2) is 4.39 Å². The highest BCUT2D eigenvalue weighted by Crippen LogP contribution is 2.19. The molecule has 0 aliphatic carbocycles. The van der Waals surface area contributed by atoms with Crippen molar-refractivity contribution in [2.24, 2.45) is 0 Å². The molecule has 13 heavy (non-hydrogen) atoms. The highest BCUT2D eigenvalue weighted by atomic mass is 19.1. The second kappa shape index (κ2) is 2.65. The number of rotatable bonds is 1. The first kappa shape index (κ1) is 7.91. The monoisotopic (exact) mass is 178 g/mol. The Kier molecular flexibility index (Phi) is 1.62. The number of halogens is 1. The molecule has 0 atom stereocenters. The van der Waals surface area contributed by atoms with E-state index in [2.05, 4.69) is 10.2 Å². The summed E-state index contributed by atoms with van der Waals surface area (Å²) in [5.41, 5.74) is 1.37. The van der Waals surface area contributed by atoms with Crippen LogP contribution in [0.5, 0.6) is 0 Å². The van der Waals surface area contributed by atoms with Gasteiger partial charge in [-0.1, -0.05) is 0 Å². The van der Waals surface area contributed by atoms with Gasteiger partial charge in [0.15, 0.2) is 5.82 Å². The van der Waals surface area contributed by atoms with Crippen LogP contribution in [0, 0.1) is 12.7 Å². The molecule has 1 aromatic carbocycles. The Labute approximate surface area is 73.6 Å². The minimum absolute atomic E-state index is 0.281. The first-order valence-electron chi connectivity index (χ1n) is 3.82. The topological polar surface area (TPSA) is 45.8 Å². The quantitative estimate of drug-likeness (QED) is 0.677. The lowest BCUT2D eigenvalue weighted by molar-refractivity contribution is 0.112. The van der Waals surface area contributed by atoms with E-state index in [-0.39, 0.29) is 5.52 Å². The second-order valence-electron chi connectivity index (χ2n) is 2.87. The second-order valence-corrected chi connectivity index (χ2v) is 2.87. The maximum absolute atomic E-state index is 13.2. The molecule has 0 spiro atoms. The van der Waals surface area contributed by atoms with Gasteiger partial charge in [-0.2, -0.15) is 5.10 Å². The molecule has 0 aliphatic rings. The number of hydrogen-bond acceptors (Lipinski definition) is 2. The van der Waals surface area contributed by atoms with Gasteiger partial charge < -0.3 is 0 Å². The smallest absolute Gasteiger partial charge is 0.152 e. The minimum atomic E-state index is -0.469. The van der Waals surface area contributed by atoms with Crippen LogP contribution in [0.15, 0.2) is 12.1 Å². The van der Waals surface area contributed by atoms with Crippen molar-refractivity contribution in [3.63, 3.8) is 0 Å². The van der Waals surface area contributed by atoms with Crippen LogP contribution in [0.4, 0.5) is 4.39 Å². The van der Waals surface area contributed by atoms with Crippen LogP contribution >= 0.6 is 0 Å². The third-order valence-corrected chi connectivity index (χ3v) is 1.96. The van der Waals surface area contributed by atoms with Gasteiger partial charge in [0.25, 0.3) is 0 Å². The van der Waals surface area contributed by atoms with Crippen LogP contribution in [-0.4, -0.2) is 16.5 Å². The molecule has 0 saturated carbocycles. The summed E-state index contributed by atoms with van der Waals surface area (Å²) >= 11 is 0. The number of aromatic nitrogens is 2. The van der Waals surface area contributed by atoms with Crippen molar-refractivity contribution in [1.29, 1.82) is 0 Å². The van der Waals surface area contributed by atoms with Gasteiger partial charge in [0, 0.05) is 16.6 Å². The Morgan fingerprint density at radius 1 is 1.54 bits per heavy atom. The first-order chi connectivity index (χ1) is 6.22. The third-order valence-electron chi connectivity index (χ3n) is 1.96. The van der Waals surface area contributed by atoms with Crippen LogP contribution in [0.2, 0.25) is 0 Å². The summed E-state index contributed by atoms with van der Waals surface area (Å²) in [7, 11) is 0. The molecule has 0 saturated heterocycles. The molecule has 0 radical (unpaired) electrons. The fourth-order valence-corrected chi connectivity index (χ4v) is 1.29. The van der Waals surface area contributed by atoms with Gasteiger partial charge >= 0.3 is 0 Å². The summed E-state index contributed by atoms with van der Waals surface area (Å²) in [4.78, 5) is 10.4. The van der Waals surface area contributed by atoms with E-state index >= 15 is 0 Å². The number of aryl methyl sites for hydroxylation is 1. The SMILES string of the molecule is Cc1[nH]nc2c(F)cc(C=O)cc12. The van der Waals surface area contributed by atoms with Gasteiger partial charge in [0.2, 0.25) is 0 Å². The van der Waals surface area contributed by atoms with E-state index in [9.17, 15) is 9.18 Å². The lowest BCUT2D eigenvalue weighted by atomic mass is 10.1. The van der Waals surface area contributed by atoms with Crippen molar-refractivity contribution in [3.8, 4) is 0 Å². The molecule has 1 N–H and O–H groups in total. The molecule has 4 heteroatoms. The van der Waals surface area contributed by atoms with E-state index in [0.717, 1.165) is 5.69 Å². The van der Waals surface area contributed by atoms with Crippen molar-refractivity contribution in [1.82, 2.24) is 10.2 Å². The number of H-pyrrole nitrogens is 1. The number of carbonyl (C=O) groups excluding carboxylic acids is 1. The van der Waals surface area contributed by atoms with E-state index in [0.29, 0.717) is 17.2 Å². The largest absolute Gasteiger partial charge is 0.298 e. The first-order valence-corrected chi connectivity index (χ1v) is 3.82. The Hall–Kier alpha value is -1.71. The molecular weight excluding hydrogens is 171 g/mol. The summed E-state index contributed by atoms with van der Waals surface area (Å²) in [5, 5.41) is 7.09. The van der Waals surface area contributed by atoms with E-state index < -0.39 is 5.82 Å². The number of fused-ring (bicyclic) bond motifs is 1. The van der Waals surface area contributed by atoms with E-state index in [1.807, 2.05) is 0 Å². The predicted octanol–water partition coefficient (Wildman–Crippen LogP) is 1.82. The molecule has 0 amide bonds. The standard InChI is InChI=1S/C9H7FN2O/c1-5-7-2-6(4-13)3-8(10)9(7)12-11-5/h2-4H,1H3,(H,11,12). The Morgan fingerprint density at radius 2 is 2.31 bits per heavy atom. The number of nitrogens with zero attached hydrogens (tertiary/aromatic N) is 1. The molecule has 3 nitrogen and oxygen atoms in total. The summed E-state index contributed by atoms with van der Waals surface area (Å²) in [5.74, 6) is -0.469. The van der Waals surface area contributed by atoms with Crippen molar-refractivity contribution in [3.05, 3.63) is 29.2 Å². The summed E-state index contributed by atoms with van der Waals surface area (Å²) in [6, 6.07) is 2.79. The Balaban J connectivity index is 2.87. The van der Waals surface area contributed by atoms with Gasteiger partial charge in [-0.3, -0.25) is 9.89 Å². The molecule has 66 valence electrons. The van der Waals surface area contributed by atoms with Gasteiger partial charge in [0.05, 0.1) is 0 Å². The maximum Gasteiger partial charge on any atom is 0.152 e. The molecule has 0 bridgehead atoms. The molecule has 2 aromatic rings. The minimum Gasteiger partial charge on any atom is -0.298 e. The van der Waals surface area contributed by atoms with Gasteiger partial charge in [-0.05, 0) is 19.1 Å². The van der Waals surface area contributed by atoms with Crippen LogP contribution in [0.1, 0.15) is 16.1 Å². The predicted molar refractivity (Wildman–Crippen MR) is 46.2 cm³/mol. The number of carbonyl (C=O) groups is 1. The molecule has 1 aromatic heterocycles.